The molecule has 0 bridgehead atoms. The quantitative estimate of drug-likeness (QED) is 0.771. The Bertz CT molecular complexity index is 836. The first-order valence-corrected chi connectivity index (χ1v) is 11.9. The van der Waals surface area contributed by atoms with Crippen LogP contribution in [0.4, 0.5) is 0 Å². The molecule has 0 spiro atoms. The molecule has 0 aromatic heterocycles. The Balaban J connectivity index is 1.22. The molecule has 30 heavy (non-hydrogen) atoms. The van der Waals surface area contributed by atoms with Gasteiger partial charge in [-0.05, 0) is 68.2 Å². The molecule has 160 valence electrons. The second-order valence-electron chi connectivity index (χ2n) is 9.98. The summed E-state index contributed by atoms with van der Waals surface area (Å²) in [5, 5.41) is 11.7. The molecule has 1 saturated carbocycles. The monoisotopic (exact) mass is 404 g/mol. The molecule has 2 heterocycles. The van der Waals surface area contributed by atoms with Gasteiger partial charge in [-0.25, -0.2) is 0 Å². The molecule has 5 rings (SSSR count). The van der Waals surface area contributed by atoms with Crippen LogP contribution in [-0.4, -0.2) is 47.1 Å². The van der Waals surface area contributed by atoms with Crippen molar-refractivity contribution in [2.45, 2.75) is 57.2 Å². The van der Waals surface area contributed by atoms with Gasteiger partial charge in [-0.1, -0.05) is 54.6 Å². The summed E-state index contributed by atoms with van der Waals surface area (Å²) in [6.07, 6.45) is 5.85. The molecule has 0 amide bonds. The molecule has 2 aliphatic heterocycles. The smallest absolute Gasteiger partial charge is 0.0940 e. The molecule has 4 atom stereocenters. The molecule has 2 saturated heterocycles. The Morgan fingerprint density at radius 3 is 2.50 bits per heavy atom. The lowest BCUT2D eigenvalue weighted by molar-refractivity contribution is -0.00684. The van der Waals surface area contributed by atoms with Crippen molar-refractivity contribution in [3.05, 3.63) is 71.3 Å². The number of nitrogens with zero attached hydrogens (tertiary/aromatic N) is 2. The minimum Gasteiger partial charge on any atom is -0.385 e. The van der Waals surface area contributed by atoms with Crippen LogP contribution in [0.3, 0.4) is 0 Å². The van der Waals surface area contributed by atoms with Gasteiger partial charge in [0.05, 0.1) is 5.60 Å². The van der Waals surface area contributed by atoms with Crippen molar-refractivity contribution >= 4 is 0 Å². The predicted octanol–water partition coefficient (Wildman–Crippen LogP) is 4.44. The molecule has 3 unspecified atom stereocenters. The van der Waals surface area contributed by atoms with E-state index in [0.29, 0.717) is 11.8 Å². The van der Waals surface area contributed by atoms with Crippen LogP contribution in [0, 0.1) is 11.8 Å². The Morgan fingerprint density at radius 2 is 1.77 bits per heavy atom. The fraction of sp³-hybridized carbons (Fsp3) is 0.556. The second kappa shape index (κ2) is 8.45. The van der Waals surface area contributed by atoms with Crippen molar-refractivity contribution in [2.75, 3.05) is 26.2 Å². The average Bonchev–Trinajstić information content (AvgIpc) is 3.45. The van der Waals surface area contributed by atoms with E-state index < -0.39 is 5.60 Å². The number of benzene rings is 2. The molecule has 1 aliphatic carbocycles. The first-order valence-electron chi connectivity index (χ1n) is 11.9. The Kier molecular flexibility index (Phi) is 5.70. The second-order valence-corrected chi connectivity index (χ2v) is 9.98. The van der Waals surface area contributed by atoms with E-state index in [9.17, 15) is 5.11 Å². The highest BCUT2D eigenvalue weighted by Crippen LogP contribution is 2.50. The molecule has 2 aromatic rings. The zero-order valence-electron chi connectivity index (χ0n) is 18.3. The third-order valence-corrected chi connectivity index (χ3v) is 8.11. The van der Waals surface area contributed by atoms with Crippen LogP contribution in [0.1, 0.15) is 49.3 Å². The summed E-state index contributed by atoms with van der Waals surface area (Å²) in [6, 6.07) is 20.4. The maximum atomic E-state index is 11.7. The fourth-order valence-electron chi connectivity index (χ4n) is 6.27. The van der Waals surface area contributed by atoms with Gasteiger partial charge in [-0.3, -0.25) is 4.90 Å². The first-order chi connectivity index (χ1) is 14.6. The highest BCUT2D eigenvalue weighted by molar-refractivity contribution is 5.30. The Morgan fingerprint density at radius 1 is 0.967 bits per heavy atom. The number of likely N-dealkylation sites (tertiary alicyclic amines) is 2. The van der Waals surface area contributed by atoms with Gasteiger partial charge in [0.15, 0.2) is 0 Å². The summed E-state index contributed by atoms with van der Waals surface area (Å²) < 4.78 is 0. The highest BCUT2D eigenvalue weighted by atomic mass is 16.3. The summed E-state index contributed by atoms with van der Waals surface area (Å²) in [6.45, 7) is 7.88. The van der Waals surface area contributed by atoms with E-state index in [1.807, 2.05) is 0 Å². The zero-order chi connectivity index (χ0) is 20.6. The van der Waals surface area contributed by atoms with Gasteiger partial charge >= 0.3 is 0 Å². The summed E-state index contributed by atoms with van der Waals surface area (Å²) >= 11 is 0. The number of hydrogen-bond donors (Lipinski definition) is 1. The number of hydrogen-bond acceptors (Lipinski definition) is 3. The maximum Gasteiger partial charge on any atom is 0.0940 e. The summed E-state index contributed by atoms with van der Waals surface area (Å²) in [7, 11) is 0. The van der Waals surface area contributed by atoms with Crippen molar-refractivity contribution < 1.29 is 5.11 Å². The van der Waals surface area contributed by atoms with Crippen molar-refractivity contribution in [2.24, 2.45) is 11.8 Å². The first kappa shape index (κ1) is 20.2. The van der Waals surface area contributed by atoms with Crippen molar-refractivity contribution in [1.82, 2.24) is 9.80 Å². The molecule has 3 fully saturated rings. The standard InChI is InChI=1S/C27H36N2O/c1-21-6-5-16-29(21)17-14-22-9-11-25(12-10-22)27(30)15-13-24-19-28(20-26(24)27)18-23-7-3-2-4-8-23/h2-4,7-12,21,24,26,30H,5-6,13-20H2,1H3/t21-,24?,26?,27?/m0/s1. The predicted molar refractivity (Wildman–Crippen MR) is 122 cm³/mol. The number of fused-ring (bicyclic) bond motifs is 1. The highest BCUT2D eigenvalue weighted by Gasteiger charge is 2.52. The molecular formula is C27H36N2O. The topological polar surface area (TPSA) is 26.7 Å². The van der Waals surface area contributed by atoms with E-state index in [4.69, 9.17) is 0 Å². The molecular weight excluding hydrogens is 368 g/mol. The van der Waals surface area contributed by atoms with Crippen molar-refractivity contribution in [3.8, 4) is 0 Å². The largest absolute Gasteiger partial charge is 0.385 e. The number of aliphatic hydroxyl groups is 1. The van der Waals surface area contributed by atoms with Gasteiger partial charge in [0, 0.05) is 38.1 Å². The van der Waals surface area contributed by atoms with E-state index in [0.717, 1.165) is 57.0 Å². The van der Waals surface area contributed by atoms with E-state index >= 15 is 0 Å². The molecule has 0 radical (unpaired) electrons. The lowest BCUT2D eigenvalue weighted by atomic mass is 9.82. The Labute approximate surface area is 181 Å². The van der Waals surface area contributed by atoms with Crippen LogP contribution in [0.2, 0.25) is 0 Å². The normalized spacial score (nSPS) is 32.0. The number of rotatable bonds is 6. The zero-order valence-corrected chi connectivity index (χ0v) is 18.3. The van der Waals surface area contributed by atoms with Gasteiger partial charge in [-0.2, -0.15) is 0 Å². The Hall–Kier alpha value is -1.68. The minimum atomic E-state index is -0.655. The van der Waals surface area contributed by atoms with Crippen LogP contribution in [0.25, 0.3) is 0 Å². The maximum absolute atomic E-state index is 11.7. The molecule has 1 N–H and O–H groups in total. The van der Waals surface area contributed by atoms with E-state index in [1.54, 1.807) is 0 Å². The molecule has 2 aromatic carbocycles. The van der Waals surface area contributed by atoms with Gasteiger partial charge in [0.1, 0.15) is 0 Å². The van der Waals surface area contributed by atoms with Crippen LogP contribution in [0.15, 0.2) is 54.6 Å². The summed E-state index contributed by atoms with van der Waals surface area (Å²) in [4.78, 5) is 5.16. The SMILES string of the molecule is C[C@H]1CCCN1CCc1ccc(C2(O)CCC3CN(Cc4ccccc4)CC32)cc1. The van der Waals surface area contributed by atoms with Crippen molar-refractivity contribution in [3.63, 3.8) is 0 Å². The van der Waals surface area contributed by atoms with E-state index in [1.165, 1.54) is 30.5 Å². The van der Waals surface area contributed by atoms with Gasteiger partial charge < -0.3 is 10.0 Å². The van der Waals surface area contributed by atoms with Crippen LogP contribution in [-0.2, 0) is 18.6 Å². The lowest BCUT2D eigenvalue weighted by Gasteiger charge is -2.31. The lowest BCUT2D eigenvalue weighted by Crippen LogP contribution is -2.34. The minimum absolute atomic E-state index is 0.359. The fourth-order valence-corrected chi connectivity index (χ4v) is 6.27. The van der Waals surface area contributed by atoms with E-state index in [2.05, 4.69) is 71.3 Å². The van der Waals surface area contributed by atoms with Crippen molar-refractivity contribution in [1.29, 1.82) is 0 Å². The molecule has 3 aliphatic rings. The van der Waals surface area contributed by atoms with Crippen LogP contribution in [0.5, 0.6) is 0 Å². The average molecular weight is 405 g/mol. The van der Waals surface area contributed by atoms with Crippen LogP contribution >= 0.6 is 0 Å². The summed E-state index contributed by atoms with van der Waals surface area (Å²) in [5.74, 6) is 0.979. The van der Waals surface area contributed by atoms with Crippen LogP contribution < -0.4 is 0 Å². The summed E-state index contributed by atoms with van der Waals surface area (Å²) in [5.41, 5.74) is 3.25. The van der Waals surface area contributed by atoms with Gasteiger partial charge in [0.25, 0.3) is 0 Å². The molecule has 3 heteroatoms. The van der Waals surface area contributed by atoms with Gasteiger partial charge in [0.2, 0.25) is 0 Å². The van der Waals surface area contributed by atoms with Gasteiger partial charge in [-0.15, -0.1) is 0 Å². The van der Waals surface area contributed by atoms with E-state index in [-0.39, 0.29) is 0 Å². The third kappa shape index (κ3) is 3.95. The molecule has 3 nitrogen and oxygen atoms in total. The third-order valence-electron chi connectivity index (χ3n) is 8.11.